The number of fused-ring (bicyclic) bond motifs is 2. The van der Waals surface area contributed by atoms with E-state index in [0.717, 1.165) is 11.4 Å². The van der Waals surface area contributed by atoms with E-state index in [1.54, 1.807) is 0 Å². The number of pyridine rings is 2. The Morgan fingerprint density at radius 2 is 1.07 bits per heavy atom. The molecule has 0 unspecified atom stereocenters. The quantitative estimate of drug-likeness (QED) is 0.484. The molecule has 0 spiro atoms. The maximum absolute atomic E-state index is 7.64. The van der Waals surface area contributed by atoms with Crippen molar-refractivity contribution in [1.82, 2.24) is 9.97 Å². The lowest BCUT2D eigenvalue weighted by Gasteiger charge is -2.21. The predicted molar refractivity (Wildman–Crippen MR) is 125 cm³/mol. The molecule has 2 aromatic rings. The third kappa shape index (κ3) is 4.98. The molecule has 2 aliphatic rings. The summed E-state index contributed by atoms with van der Waals surface area (Å²) in [5, 5.41) is 0. The highest BCUT2D eigenvalue weighted by Crippen LogP contribution is 2.31. The van der Waals surface area contributed by atoms with Crippen molar-refractivity contribution in [2.75, 3.05) is 0 Å². The Morgan fingerprint density at radius 3 is 1.39 bits per heavy atom. The van der Waals surface area contributed by atoms with E-state index >= 15 is 0 Å². The first-order valence-electron chi connectivity index (χ1n) is 10.3. The highest BCUT2D eigenvalue weighted by molar-refractivity contribution is 5.63. The second-order valence-corrected chi connectivity index (χ2v) is 8.99. The number of aromatic nitrogens is 2. The van der Waals surface area contributed by atoms with Gasteiger partial charge in [-0.25, -0.2) is 0 Å². The molecule has 28 heavy (non-hydrogen) atoms. The highest BCUT2D eigenvalue weighted by atomic mass is 14.7. The molecule has 4 rings (SSSR count). The van der Waals surface area contributed by atoms with E-state index in [1.807, 2.05) is 24.5 Å². The van der Waals surface area contributed by atoms with Crippen molar-refractivity contribution < 1.29 is 2.74 Å². The van der Waals surface area contributed by atoms with Crippen LogP contribution < -0.4 is 0 Å². The third-order valence-corrected chi connectivity index (χ3v) is 4.79. The molecule has 0 atom stereocenters. The standard InChI is InChI=1S/2C12H15N.2CH4/c2*1-12(2,3)10-7-8-13-11-6-4-5-9(10)11;;/h2*4-5,7-8H,6H2,1-3H3;2*1H4/i2*4D;;. The Hall–Kier alpha value is -2.22. The van der Waals surface area contributed by atoms with Gasteiger partial charge in [0, 0.05) is 25.2 Å². The van der Waals surface area contributed by atoms with Crippen LogP contribution >= 0.6 is 0 Å². The largest absolute Gasteiger partial charge is 0.260 e. The summed E-state index contributed by atoms with van der Waals surface area (Å²) in [6, 6.07) is 5.47. The number of nitrogens with zero attached hydrogens (tertiary/aromatic N) is 2. The van der Waals surface area contributed by atoms with Gasteiger partial charge in [-0.05, 0) is 45.2 Å². The minimum absolute atomic E-state index is 0. The monoisotopic (exact) mass is 380 g/mol. The molecule has 2 aliphatic carbocycles. The zero-order valence-corrected chi connectivity index (χ0v) is 16.8. The second kappa shape index (κ2) is 8.86. The maximum Gasteiger partial charge on any atom is 0.0580 e. The predicted octanol–water partition coefficient (Wildman–Crippen LogP) is 7.17. The molecule has 0 saturated carbocycles. The molecule has 2 heteroatoms. The molecule has 0 saturated heterocycles. The average Bonchev–Trinajstić information content (AvgIpc) is 3.12. The zero-order chi connectivity index (χ0) is 20.7. The van der Waals surface area contributed by atoms with Crippen LogP contribution in [0.3, 0.4) is 0 Å². The molecule has 0 amide bonds. The lowest BCUT2D eigenvalue weighted by molar-refractivity contribution is 0.587. The summed E-state index contributed by atoms with van der Waals surface area (Å²) in [6.45, 7) is 13.2. The van der Waals surface area contributed by atoms with Gasteiger partial charge in [0.05, 0.1) is 14.1 Å². The van der Waals surface area contributed by atoms with Crippen LogP contribution in [0, 0.1) is 0 Å². The molecule has 2 heterocycles. The van der Waals surface area contributed by atoms with Gasteiger partial charge in [0.1, 0.15) is 0 Å². The smallest absolute Gasteiger partial charge is 0.0580 e. The van der Waals surface area contributed by atoms with Crippen LogP contribution in [-0.2, 0) is 23.7 Å². The zero-order valence-electron chi connectivity index (χ0n) is 18.8. The number of allylic oxidation sites excluding steroid dienone is 2. The fourth-order valence-electron chi connectivity index (χ4n) is 3.44. The van der Waals surface area contributed by atoms with Crippen molar-refractivity contribution in [2.24, 2.45) is 0 Å². The minimum Gasteiger partial charge on any atom is -0.260 e. The van der Waals surface area contributed by atoms with E-state index in [9.17, 15) is 0 Å². The minimum atomic E-state index is 0. The number of hydrogen-bond donors (Lipinski definition) is 0. The third-order valence-electron chi connectivity index (χ3n) is 4.79. The van der Waals surface area contributed by atoms with Crippen LogP contribution in [0.2, 0.25) is 0 Å². The first-order chi connectivity index (χ1) is 13.0. The second-order valence-electron chi connectivity index (χ2n) is 8.99. The average molecular weight is 381 g/mol. The Morgan fingerprint density at radius 1 is 0.714 bits per heavy atom. The summed E-state index contributed by atoms with van der Waals surface area (Å²) in [5.74, 6) is 0. The maximum atomic E-state index is 7.64. The van der Waals surface area contributed by atoms with Crippen LogP contribution in [-0.4, -0.2) is 9.97 Å². The van der Waals surface area contributed by atoms with Crippen molar-refractivity contribution in [3.05, 3.63) is 70.3 Å². The molecule has 2 nitrogen and oxygen atoms in total. The summed E-state index contributed by atoms with van der Waals surface area (Å²) < 4.78 is 15.3. The molecular weight excluding hydrogens is 340 g/mol. The molecule has 2 aromatic heterocycles. The Balaban J connectivity index is 0.000000281. The Bertz CT molecular complexity index is 878. The van der Waals surface area contributed by atoms with Crippen molar-refractivity contribution in [2.45, 2.75) is 80.1 Å². The SMILES string of the molecule is C.C.[2H]C1=Cc2c(C(C)(C)C)ccnc2C1.[2H]C1=Cc2c(C(C)(C)C)ccnc2C1. The molecule has 0 radical (unpaired) electrons. The Kier molecular flexibility index (Phi) is 6.49. The molecular formula is C26H38N2. The molecule has 0 aromatic carbocycles. The van der Waals surface area contributed by atoms with Gasteiger partial charge >= 0.3 is 0 Å². The first kappa shape index (κ1) is 20.5. The molecule has 152 valence electrons. The Labute approximate surface area is 175 Å². The van der Waals surface area contributed by atoms with Gasteiger partial charge in [0.25, 0.3) is 0 Å². The normalized spacial score (nSPS) is 15.4. The topological polar surface area (TPSA) is 25.8 Å². The molecule has 0 N–H and O–H groups in total. The van der Waals surface area contributed by atoms with Crippen molar-refractivity contribution in [3.8, 4) is 0 Å². The van der Waals surface area contributed by atoms with Crippen molar-refractivity contribution in [3.63, 3.8) is 0 Å². The lowest BCUT2D eigenvalue weighted by atomic mass is 9.84. The van der Waals surface area contributed by atoms with E-state index in [2.05, 4.69) is 63.6 Å². The lowest BCUT2D eigenvalue weighted by Crippen LogP contribution is -2.13. The summed E-state index contributed by atoms with van der Waals surface area (Å²) >= 11 is 0. The summed E-state index contributed by atoms with van der Waals surface area (Å²) in [7, 11) is 0. The summed E-state index contributed by atoms with van der Waals surface area (Å²) in [4.78, 5) is 8.62. The summed E-state index contributed by atoms with van der Waals surface area (Å²) in [6.07, 6.45) is 8.99. The van der Waals surface area contributed by atoms with Crippen LogP contribution in [0.15, 0.2) is 36.6 Å². The van der Waals surface area contributed by atoms with Crippen LogP contribution in [0.5, 0.6) is 0 Å². The van der Waals surface area contributed by atoms with E-state index in [4.69, 9.17) is 2.74 Å². The van der Waals surface area contributed by atoms with Crippen LogP contribution in [0.1, 0.15) is 92.8 Å². The van der Waals surface area contributed by atoms with E-state index < -0.39 is 0 Å². The first-order valence-corrected chi connectivity index (χ1v) is 9.28. The van der Waals surface area contributed by atoms with E-state index in [-0.39, 0.29) is 25.7 Å². The van der Waals surface area contributed by atoms with E-state index in [0.29, 0.717) is 24.9 Å². The van der Waals surface area contributed by atoms with Gasteiger partial charge in [0.15, 0.2) is 0 Å². The van der Waals surface area contributed by atoms with Gasteiger partial charge in [-0.1, -0.05) is 80.7 Å². The fourth-order valence-corrected chi connectivity index (χ4v) is 3.44. The molecule has 0 bridgehead atoms. The van der Waals surface area contributed by atoms with Crippen LogP contribution in [0.4, 0.5) is 0 Å². The number of rotatable bonds is 0. The van der Waals surface area contributed by atoms with Gasteiger partial charge in [-0.15, -0.1) is 0 Å². The van der Waals surface area contributed by atoms with Crippen molar-refractivity contribution >= 4 is 12.2 Å². The highest BCUT2D eigenvalue weighted by Gasteiger charge is 2.21. The summed E-state index contributed by atoms with van der Waals surface area (Å²) in [5.41, 5.74) is 7.32. The molecule has 0 aliphatic heterocycles. The fraction of sp³-hybridized carbons (Fsp3) is 0.462. The molecule has 0 fully saturated rings. The van der Waals surface area contributed by atoms with Crippen LogP contribution in [0.25, 0.3) is 12.2 Å². The van der Waals surface area contributed by atoms with Gasteiger partial charge in [0.2, 0.25) is 0 Å². The van der Waals surface area contributed by atoms with Crippen molar-refractivity contribution in [1.29, 1.82) is 0 Å². The van der Waals surface area contributed by atoms with Gasteiger partial charge < -0.3 is 0 Å². The number of hydrogen-bond acceptors (Lipinski definition) is 2. The van der Waals surface area contributed by atoms with Gasteiger partial charge in [-0.3, -0.25) is 9.97 Å². The van der Waals surface area contributed by atoms with E-state index in [1.165, 1.54) is 22.3 Å². The van der Waals surface area contributed by atoms with Gasteiger partial charge in [-0.2, -0.15) is 0 Å².